The van der Waals surface area contributed by atoms with Crippen LogP contribution < -0.4 is 5.32 Å². The first kappa shape index (κ1) is 17.4. The van der Waals surface area contributed by atoms with Crippen molar-refractivity contribution in [3.63, 3.8) is 0 Å². The van der Waals surface area contributed by atoms with Gasteiger partial charge in [0.15, 0.2) is 0 Å². The van der Waals surface area contributed by atoms with E-state index in [1.54, 1.807) is 0 Å². The zero-order valence-electron chi connectivity index (χ0n) is 15.1. The third kappa shape index (κ3) is 4.16. The summed E-state index contributed by atoms with van der Waals surface area (Å²) in [6, 6.07) is 0.195. The summed E-state index contributed by atoms with van der Waals surface area (Å²) in [4.78, 5) is 14.5. The molecule has 0 unspecified atom stereocenters. The molecule has 1 N–H and O–H groups in total. The van der Waals surface area contributed by atoms with Crippen LogP contribution in [0.2, 0.25) is 0 Å². The van der Waals surface area contributed by atoms with E-state index in [-0.39, 0.29) is 18.1 Å². The van der Waals surface area contributed by atoms with Crippen molar-refractivity contribution in [2.24, 2.45) is 11.8 Å². The van der Waals surface area contributed by atoms with E-state index in [2.05, 4.69) is 28.4 Å². The molecule has 0 bridgehead atoms. The number of carbonyl (C=O) groups is 1. The van der Waals surface area contributed by atoms with Gasteiger partial charge in [-0.2, -0.15) is 5.10 Å². The standard InChI is InChI=1S/C18H30N4O2/c1-4-22-10-14(8-19-22)9-21-6-5-16-15(11-21)12-24-17(16)7-18(23)20-13(2)3/h8,10,13,15-17H,4-7,9,11-12H2,1-3H3,(H,20,23)/t15-,16-,17+/m1/s1. The lowest BCUT2D eigenvalue weighted by Gasteiger charge is -2.35. The van der Waals surface area contributed by atoms with E-state index in [1.807, 2.05) is 24.7 Å². The second-order valence-electron chi connectivity index (χ2n) is 7.45. The summed E-state index contributed by atoms with van der Waals surface area (Å²) in [7, 11) is 0. The lowest BCUT2D eigenvalue weighted by molar-refractivity contribution is -0.124. The molecule has 1 aromatic rings. The second-order valence-corrected chi connectivity index (χ2v) is 7.45. The van der Waals surface area contributed by atoms with Gasteiger partial charge < -0.3 is 10.1 Å². The number of carbonyl (C=O) groups excluding carboxylic acids is 1. The predicted octanol–water partition coefficient (Wildman–Crippen LogP) is 1.65. The van der Waals surface area contributed by atoms with Crippen LogP contribution in [0.25, 0.3) is 0 Å². The van der Waals surface area contributed by atoms with Gasteiger partial charge in [-0.3, -0.25) is 14.4 Å². The van der Waals surface area contributed by atoms with Crippen LogP contribution in [0.4, 0.5) is 0 Å². The normalized spacial score (nSPS) is 27.4. The number of aryl methyl sites for hydroxylation is 1. The Kier molecular flexibility index (Phi) is 5.56. The zero-order chi connectivity index (χ0) is 17.1. The highest BCUT2D eigenvalue weighted by molar-refractivity contribution is 5.76. The first-order chi connectivity index (χ1) is 11.5. The zero-order valence-corrected chi connectivity index (χ0v) is 15.1. The monoisotopic (exact) mass is 334 g/mol. The van der Waals surface area contributed by atoms with Crippen LogP contribution in [0.1, 0.15) is 39.2 Å². The largest absolute Gasteiger partial charge is 0.377 e. The molecule has 3 heterocycles. The Morgan fingerprint density at radius 1 is 1.50 bits per heavy atom. The molecular formula is C18H30N4O2. The lowest BCUT2D eigenvalue weighted by atomic mass is 9.83. The Balaban J connectivity index is 1.50. The Labute approximate surface area is 144 Å². The van der Waals surface area contributed by atoms with E-state index >= 15 is 0 Å². The molecule has 0 spiro atoms. The van der Waals surface area contributed by atoms with Crippen LogP contribution >= 0.6 is 0 Å². The Morgan fingerprint density at radius 3 is 3.04 bits per heavy atom. The maximum atomic E-state index is 12.0. The fourth-order valence-corrected chi connectivity index (χ4v) is 4.00. The van der Waals surface area contributed by atoms with Gasteiger partial charge in [0.25, 0.3) is 0 Å². The van der Waals surface area contributed by atoms with Crippen molar-refractivity contribution in [2.75, 3.05) is 19.7 Å². The summed E-state index contributed by atoms with van der Waals surface area (Å²) in [6.45, 7) is 10.9. The average molecular weight is 334 g/mol. The minimum atomic E-state index is 0.0961. The SMILES string of the molecule is CCn1cc(CN2CC[C@@H]3[C@@H](CO[C@H]3CC(=O)NC(C)C)C2)cn1. The number of hydrogen-bond donors (Lipinski definition) is 1. The maximum Gasteiger partial charge on any atom is 0.222 e. The summed E-state index contributed by atoms with van der Waals surface area (Å²) < 4.78 is 7.94. The molecule has 2 aliphatic rings. The number of hydrogen-bond acceptors (Lipinski definition) is 4. The third-order valence-electron chi connectivity index (χ3n) is 5.13. The molecule has 0 radical (unpaired) electrons. The van der Waals surface area contributed by atoms with Gasteiger partial charge in [-0.25, -0.2) is 0 Å². The summed E-state index contributed by atoms with van der Waals surface area (Å²) >= 11 is 0. The van der Waals surface area contributed by atoms with E-state index in [4.69, 9.17) is 4.74 Å². The maximum absolute atomic E-state index is 12.0. The van der Waals surface area contributed by atoms with Crippen molar-refractivity contribution in [1.82, 2.24) is 20.0 Å². The van der Waals surface area contributed by atoms with Gasteiger partial charge in [-0.15, -0.1) is 0 Å². The average Bonchev–Trinajstić information content (AvgIpc) is 3.13. The highest BCUT2D eigenvalue weighted by Crippen LogP contribution is 2.36. The van der Waals surface area contributed by atoms with Crippen LogP contribution in [-0.2, 0) is 22.6 Å². The molecule has 1 amide bonds. The number of likely N-dealkylation sites (tertiary alicyclic amines) is 1. The highest BCUT2D eigenvalue weighted by Gasteiger charge is 2.41. The highest BCUT2D eigenvalue weighted by atomic mass is 16.5. The van der Waals surface area contributed by atoms with Crippen LogP contribution in [0.5, 0.6) is 0 Å². The predicted molar refractivity (Wildman–Crippen MR) is 92.4 cm³/mol. The molecule has 134 valence electrons. The summed E-state index contributed by atoms with van der Waals surface area (Å²) in [5, 5.41) is 7.33. The van der Waals surface area contributed by atoms with Crippen molar-refractivity contribution < 1.29 is 9.53 Å². The molecule has 3 rings (SSSR count). The molecule has 2 saturated heterocycles. The van der Waals surface area contributed by atoms with E-state index in [0.29, 0.717) is 18.3 Å². The van der Waals surface area contributed by atoms with E-state index in [0.717, 1.165) is 39.2 Å². The minimum absolute atomic E-state index is 0.0961. The van der Waals surface area contributed by atoms with E-state index in [1.165, 1.54) is 5.56 Å². The first-order valence-electron chi connectivity index (χ1n) is 9.19. The number of rotatable bonds is 6. The number of amides is 1. The van der Waals surface area contributed by atoms with Crippen LogP contribution in [-0.4, -0.2) is 52.4 Å². The molecule has 6 nitrogen and oxygen atoms in total. The third-order valence-corrected chi connectivity index (χ3v) is 5.13. The second kappa shape index (κ2) is 7.66. The van der Waals surface area contributed by atoms with Gasteiger partial charge in [0.1, 0.15) is 0 Å². The molecule has 6 heteroatoms. The topological polar surface area (TPSA) is 59.4 Å². The summed E-state index contributed by atoms with van der Waals surface area (Å²) in [5.41, 5.74) is 1.28. The lowest BCUT2D eigenvalue weighted by Crippen LogP contribution is -2.42. The fourth-order valence-electron chi connectivity index (χ4n) is 4.00. The molecule has 0 saturated carbocycles. The van der Waals surface area contributed by atoms with Gasteiger partial charge in [0, 0.05) is 43.4 Å². The summed E-state index contributed by atoms with van der Waals surface area (Å²) in [5.74, 6) is 1.19. The van der Waals surface area contributed by atoms with Crippen molar-refractivity contribution in [2.45, 2.75) is 58.8 Å². The Hall–Kier alpha value is -1.40. The smallest absolute Gasteiger partial charge is 0.222 e. The van der Waals surface area contributed by atoms with Crippen molar-refractivity contribution in [3.8, 4) is 0 Å². The number of ether oxygens (including phenoxy) is 1. The molecule has 2 aliphatic heterocycles. The molecule has 3 atom stereocenters. The van der Waals surface area contributed by atoms with Gasteiger partial charge in [0.05, 0.1) is 25.3 Å². The number of fused-ring (bicyclic) bond motifs is 1. The molecular weight excluding hydrogens is 304 g/mol. The molecule has 24 heavy (non-hydrogen) atoms. The number of nitrogens with zero attached hydrogens (tertiary/aromatic N) is 3. The van der Waals surface area contributed by atoms with Gasteiger partial charge in [-0.1, -0.05) is 0 Å². The first-order valence-corrected chi connectivity index (χ1v) is 9.19. The van der Waals surface area contributed by atoms with Crippen molar-refractivity contribution in [1.29, 1.82) is 0 Å². The number of aromatic nitrogens is 2. The van der Waals surface area contributed by atoms with Gasteiger partial charge >= 0.3 is 0 Å². The Morgan fingerprint density at radius 2 is 2.33 bits per heavy atom. The molecule has 0 aliphatic carbocycles. The van der Waals surface area contributed by atoms with E-state index in [9.17, 15) is 4.79 Å². The Bertz CT molecular complexity index is 557. The van der Waals surface area contributed by atoms with Crippen LogP contribution in [0.3, 0.4) is 0 Å². The van der Waals surface area contributed by atoms with Crippen LogP contribution in [0, 0.1) is 11.8 Å². The minimum Gasteiger partial charge on any atom is -0.377 e. The number of nitrogens with one attached hydrogen (secondary N) is 1. The van der Waals surface area contributed by atoms with Crippen molar-refractivity contribution >= 4 is 5.91 Å². The quantitative estimate of drug-likeness (QED) is 0.859. The van der Waals surface area contributed by atoms with Crippen molar-refractivity contribution in [3.05, 3.63) is 18.0 Å². The van der Waals surface area contributed by atoms with Gasteiger partial charge in [0.2, 0.25) is 5.91 Å². The fraction of sp³-hybridized carbons (Fsp3) is 0.778. The van der Waals surface area contributed by atoms with Gasteiger partial charge in [-0.05, 0) is 39.7 Å². The van der Waals surface area contributed by atoms with E-state index < -0.39 is 0 Å². The van der Waals surface area contributed by atoms with Crippen LogP contribution in [0.15, 0.2) is 12.4 Å². The molecule has 0 aromatic carbocycles. The molecule has 2 fully saturated rings. The number of piperidine rings is 1. The molecule has 1 aromatic heterocycles. The summed E-state index contributed by atoms with van der Waals surface area (Å²) in [6.07, 6.45) is 5.82.